The lowest BCUT2D eigenvalue weighted by molar-refractivity contribution is 0.317. The van der Waals surface area contributed by atoms with Crippen LogP contribution in [0.15, 0.2) is 78.9 Å². The third-order valence-electron chi connectivity index (χ3n) is 4.72. The molecule has 3 heteroatoms. The Kier molecular flexibility index (Phi) is 12.3. The van der Waals surface area contributed by atoms with Gasteiger partial charge in [-0.3, -0.25) is 0 Å². The summed E-state index contributed by atoms with van der Waals surface area (Å²) < 4.78 is 16.5. The normalized spacial score (nSPS) is 10.4. The molecule has 0 aliphatic heterocycles. The smallest absolute Gasteiger partial charge is 0.119 e. The van der Waals surface area contributed by atoms with Crippen molar-refractivity contribution in [2.75, 3.05) is 19.8 Å². The highest BCUT2D eigenvalue weighted by Gasteiger charge is 2.00. The van der Waals surface area contributed by atoms with Crippen LogP contribution < -0.4 is 14.2 Å². The van der Waals surface area contributed by atoms with Crippen LogP contribution in [-0.4, -0.2) is 19.8 Å². The molecule has 0 spiro atoms. The Morgan fingerprint density at radius 3 is 1.36 bits per heavy atom. The van der Waals surface area contributed by atoms with Crippen LogP contribution in [-0.2, 0) is 0 Å². The van der Waals surface area contributed by atoms with Gasteiger partial charge in [0.2, 0.25) is 0 Å². The van der Waals surface area contributed by atoms with Gasteiger partial charge in [0.15, 0.2) is 0 Å². The molecule has 0 aromatic heterocycles. The quantitative estimate of drug-likeness (QED) is 0.296. The van der Waals surface area contributed by atoms with Crippen molar-refractivity contribution in [3.05, 3.63) is 84.4 Å². The monoisotopic (exact) mass is 446 g/mol. The Morgan fingerprint density at radius 1 is 0.545 bits per heavy atom. The lowest BCUT2D eigenvalue weighted by Gasteiger charge is -2.08. The molecule has 0 saturated heterocycles. The fraction of sp³-hybridized carbons (Fsp3) is 0.333. The Bertz CT molecular complexity index is 861. The molecule has 0 amide bonds. The summed E-state index contributed by atoms with van der Waals surface area (Å²) in [6.45, 7) is 10.6. The second kappa shape index (κ2) is 15.6. The summed E-state index contributed by atoms with van der Waals surface area (Å²) in [6.07, 6.45) is 7.40. The fourth-order valence-electron chi connectivity index (χ4n) is 3.02. The maximum Gasteiger partial charge on any atom is 0.119 e. The predicted molar refractivity (Wildman–Crippen MR) is 140 cm³/mol. The van der Waals surface area contributed by atoms with Gasteiger partial charge in [-0.2, -0.15) is 0 Å². The van der Waals surface area contributed by atoms with Gasteiger partial charge in [-0.1, -0.05) is 69.3 Å². The lowest BCUT2D eigenvalue weighted by atomic mass is 10.1. The number of ether oxygens (including phenoxy) is 3. The molecule has 3 aromatic rings. The molecule has 0 fully saturated rings. The molecule has 176 valence electrons. The molecule has 0 N–H and O–H groups in total. The summed E-state index contributed by atoms with van der Waals surface area (Å²) in [7, 11) is 0. The first kappa shape index (κ1) is 26.1. The SMILES string of the molecule is CC/C=C/c1ccc(OCC)cc1.CCCOc1ccc(-c2ccc(OCCC)cc2)cc1. The number of benzene rings is 3. The Balaban J connectivity index is 0.000000257. The van der Waals surface area contributed by atoms with E-state index in [4.69, 9.17) is 14.2 Å². The van der Waals surface area contributed by atoms with Crippen molar-refractivity contribution in [3.63, 3.8) is 0 Å². The summed E-state index contributed by atoms with van der Waals surface area (Å²) in [5, 5.41) is 0. The molecule has 3 aromatic carbocycles. The van der Waals surface area contributed by atoms with Gasteiger partial charge in [0.1, 0.15) is 17.2 Å². The fourth-order valence-corrected chi connectivity index (χ4v) is 3.02. The van der Waals surface area contributed by atoms with E-state index < -0.39 is 0 Å². The van der Waals surface area contributed by atoms with E-state index in [1.807, 2.05) is 43.3 Å². The highest BCUT2D eigenvalue weighted by molar-refractivity contribution is 5.64. The first-order valence-electron chi connectivity index (χ1n) is 12.1. The largest absolute Gasteiger partial charge is 0.494 e. The van der Waals surface area contributed by atoms with Crippen LogP contribution in [0, 0.1) is 0 Å². The Morgan fingerprint density at radius 2 is 0.970 bits per heavy atom. The number of hydrogen-bond donors (Lipinski definition) is 0. The summed E-state index contributed by atoms with van der Waals surface area (Å²) in [4.78, 5) is 0. The molecule has 3 nitrogen and oxygen atoms in total. The minimum Gasteiger partial charge on any atom is -0.494 e. The van der Waals surface area contributed by atoms with Crippen molar-refractivity contribution < 1.29 is 14.2 Å². The minimum absolute atomic E-state index is 0.726. The first-order valence-corrected chi connectivity index (χ1v) is 12.1. The number of hydrogen-bond acceptors (Lipinski definition) is 3. The van der Waals surface area contributed by atoms with E-state index in [1.54, 1.807) is 0 Å². The molecule has 0 aliphatic rings. The predicted octanol–water partition coefficient (Wildman–Crippen LogP) is 8.44. The van der Waals surface area contributed by atoms with Crippen molar-refractivity contribution in [1.82, 2.24) is 0 Å². The van der Waals surface area contributed by atoms with E-state index in [2.05, 4.69) is 69.3 Å². The summed E-state index contributed by atoms with van der Waals surface area (Å²) in [5.74, 6) is 2.80. The second-order valence-electron chi connectivity index (χ2n) is 7.56. The lowest BCUT2D eigenvalue weighted by Crippen LogP contribution is -1.95. The highest BCUT2D eigenvalue weighted by Crippen LogP contribution is 2.24. The van der Waals surface area contributed by atoms with Gasteiger partial charge in [-0.05, 0) is 79.3 Å². The van der Waals surface area contributed by atoms with Gasteiger partial charge in [-0.25, -0.2) is 0 Å². The van der Waals surface area contributed by atoms with E-state index >= 15 is 0 Å². The van der Waals surface area contributed by atoms with E-state index in [1.165, 1.54) is 16.7 Å². The van der Waals surface area contributed by atoms with Crippen LogP contribution in [0.2, 0.25) is 0 Å². The van der Waals surface area contributed by atoms with Crippen LogP contribution in [0.5, 0.6) is 17.2 Å². The van der Waals surface area contributed by atoms with Gasteiger partial charge < -0.3 is 14.2 Å². The maximum absolute atomic E-state index is 5.59. The summed E-state index contributed by atoms with van der Waals surface area (Å²) >= 11 is 0. The first-order chi connectivity index (χ1) is 16.2. The maximum atomic E-state index is 5.59. The van der Waals surface area contributed by atoms with E-state index in [9.17, 15) is 0 Å². The average Bonchev–Trinajstić information content (AvgIpc) is 2.87. The van der Waals surface area contributed by atoms with Gasteiger partial charge in [0.05, 0.1) is 19.8 Å². The van der Waals surface area contributed by atoms with E-state index in [-0.39, 0.29) is 0 Å². The molecule has 0 saturated carbocycles. The topological polar surface area (TPSA) is 27.7 Å². The Hall–Kier alpha value is -3.20. The minimum atomic E-state index is 0.726. The molecule has 0 unspecified atom stereocenters. The zero-order valence-electron chi connectivity index (χ0n) is 20.6. The van der Waals surface area contributed by atoms with Crippen LogP contribution >= 0.6 is 0 Å². The number of allylic oxidation sites excluding steroid dienone is 1. The highest BCUT2D eigenvalue weighted by atomic mass is 16.5. The van der Waals surface area contributed by atoms with Gasteiger partial charge in [0.25, 0.3) is 0 Å². The van der Waals surface area contributed by atoms with Gasteiger partial charge >= 0.3 is 0 Å². The number of rotatable bonds is 11. The van der Waals surface area contributed by atoms with Gasteiger partial charge in [0, 0.05) is 0 Å². The molecule has 0 aliphatic carbocycles. The molecule has 0 radical (unpaired) electrons. The third-order valence-corrected chi connectivity index (χ3v) is 4.72. The van der Waals surface area contributed by atoms with Crippen molar-refractivity contribution in [1.29, 1.82) is 0 Å². The van der Waals surface area contributed by atoms with Crippen molar-refractivity contribution >= 4 is 6.08 Å². The van der Waals surface area contributed by atoms with Crippen LogP contribution in [0.25, 0.3) is 17.2 Å². The molecule has 3 rings (SSSR count). The summed E-state index contributed by atoms with van der Waals surface area (Å²) in [6, 6.07) is 24.6. The third kappa shape index (κ3) is 9.86. The van der Waals surface area contributed by atoms with Crippen LogP contribution in [0.3, 0.4) is 0 Å². The van der Waals surface area contributed by atoms with E-state index in [0.29, 0.717) is 0 Å². The van der Waals surface area contributed by atoms with E-state index in [0.717, 1.165) is 56.3 Å². The van der Waals surface area contributed by atoms with Crippen molar-refractivity contribution in [2.45, 2.75) is 47.0 Å². The average molecular weight is 447 g/mol. The van der Waals surface area contributed by atoms with Crippen molar-refractivity contribution in [2.24, 2.45) is 0 Å². The van der Waals surface area contributed by atoms with Crippen LogP contribution in [0.4, 0.5) is 0 Å². The standard InChI is InChI=1S/C18H22O2.C12H16O/c1-3-13-19-17-9-5-15(6-10-17)16-7-11-18(12-8-16)20-14-4-2;1-3-5-6-11-7-9-12(10-8-11)13-4-2/h5-12H,3-4,13-14H2,1-2H3;5-10H,3-4H2,1-2H3/b;6-5+. The van der Waals surface area contributed by atoms with Gasteiger partial charge in [-0.15, -0.1) is 0 Å². The van der Waals surface area contributed by atoms with Crippen LogP contribution in [0.1, 0.15) is 52.5 Å². The second-order valence-corrected chi connectivity index (χ2v) is 7.56. The molecule has 0 atom stereocenters. The Labute approximate surface area is 200 Å². The zero-order valence-corrected chi connectivity index (χ0v) is 20.6. The zero-order chi connectivity index (χ0) is 23.7. The molecular formula is C30H38O3. The van der Waals surface area contributed by atoms with Crippen molar-refractivity contribution in [3.8, 4) is 28.4 Å². The summed E-state index contributed by atoms with van der Waals surface area (Å²) in [5.41, 5.74) is 3.61. The molecular weight excluding hydrogens is 408 g/mol. The molecule has 0 bridgehead atoms. The molecule has 0 heterocycles. The molecule has 33 heavy (non-hydrogen) atoms.